The van der Waals surface area contributed by atoms with Gasteiger partial charge in [-0.15, -0.1) is 0 Å². The predicted molar refractivity (Wildman–Crippen MR) is 130 cm³/mol. The molecule has 0 spiro atoms. The van der Waals surface area contributed by atoms with E-state index >= 15 is 0 Å². The number of fused-ring (bicyclic) bond motifs is 3. The van der Waals surface area contributed by atoms with Crippen molar-refractivity contribution >= 4 is 21.8 Å². The van der Waals surface area contributed by atoms with Gasteiger partial charge >= 0.3 is 0 Å². The molecule has 0 amide bonds. The van der Waals surface area contributed by atoms with E-state index in [1.807, 2.05) is 0 Å². The van der Waals surface area contributed by atoms with Gasteiger partial charge < -0.3 is 4.57 Å². The van der Waals surface area contributed by atoms with Crippen molar-refractivity contribution in [2.75, 3.05) is 0 Å². The van der Waals surface area contributed by atoms with Crippen LogP contribution in [0, 0.1) is 6.92 Å². The van der Waals surface area contributed by atoms with Gasteiger partial charge in [-0.1, -0.05) is 67.9 Å². The first kappa shape index (κ1) is 18.7. The average molecular weight is 390 g/mol. The first-order valence-electron chi connectivity index (χ1n) is 10.9. The summed E-state index contributed by atoms with van der Waals surface area (Å²) in [6.45, 7) is 6.58. The molecule has 0 bridgehead atoms. The summed E-state index contributed by atoms with van der Waals surface area (Å²) in [5.74, 6) is 0. The second-order valence-electron chi connectivity index (χ2n) is 8.16. The molecule has 0 unspecified atom stereocenters. The highest BCUT2D eigenvalue weighted by Crippen LogP contribution is 2.34. The van der Waals surface area contributed by atoms with Gasteiger partial charge in [0, 0.05) is 16.5 Å². The van der Waals surface area contributed by atoms with Gasteiger partial charge in [0.15, 0.2) is 0 Å². The first-order chi connectivity index (χ1) is 14.7. The van der Waals surface area contributed by atoms with Crippen molar-refractivity contribution in [3.05, 3.63) is 102 Å². The van der Waals surface area contributed by atoms with Crippen LogP contribution in [0.4, 0.5) is 0 Å². The molecular weight excluding hydrogens is 362 g/mol. The van der Waals surface area contributed by atoms with Crippen LogP contribution in [0.3, 0.4) is 0 Å². The summed E-state index contributed by atoms with van der Waals surface area (Å²) in [5.41, 5.74) is 10.3. The van der Waals surface area contributed by atoms with Gasteiger partial charge in [-0.05, 0) is 78.4 Å². The first-order valence-corrected chi connectivity index (χ1v) is 10.9. The summed E-state index contributed by atoms with van der Waals surface area (Å²) >= 11 is 0. The number of hydrogen-bond acceptors (Lipinski definition) is 0. The lowest BCUT2D eigenvalue weighted by Gasteiger charge is -2.10. The molecule has 30 heavy (non-hydrogen) atoms. The van der Waals surface area contributed by atoms with Crippen molar-refractivity contribution in [2.45, 2.75) is 33.6 Å². The van der Waals surface area contributed by atoms with E-state index in [2.05, 4.69) is 110 Å². The molecule has 1 aromatic heterocycles. The van der Waals surface area contributed by atoms with E-state index in [9.17, 15) is 0 Å². The van der Waals surface area contributed by atoms with Crippen molar-refractivity contribution in [3.8, 4) is 16.8 Å². The Morgan fingerprint density at radius 2 is 1.03 bits per heavy atom. The third kappa shape index (κ3) is 3.11. The molecule has 0 aliphatic carbocycles. The Kier molecular flexibility index (Phi) is 4.67. The number of rotatable bonds is 4. The molecule has 0 aliphatic heterocycles. The van der Waals surface area contributed by atoms with E-state index in [1.54, 1.807) is 0 Å². The summed E-state index contributed by atoms with van der Waals surface area (Å²) in [4.78, 5) is 0. The fourth-order valence-corrected chi connectivity index (χ4v) is 4.38. The van der Waals surface area contributed by atoms with Crippen LogP contribution in [-0.4, -0.2) is 4.57 Å². The smallest absolute Gasteiger partial charge is 0.0541 e. The van der Waals surface area contributed by atoms with Crippen LogP contribution in [-0.2, 0) is 12.8 Å². The molecule has 0 fully saturated rings. The highest BCUT2D eigenvalue weighted by Gasteiger charge is 2.13. The number of hydrogen-bond donors (Lipinski definition) is 0. The van der Waals surface area contributed by atoms with Crippen molar-refractivity contribution in [1.82, 2.24) is 4.57 Å². The number of aromatic nitrogens is 1. The molecule has 5 rings (SSSR count). The zero-order chi connectivity index (χ0) is 20.7. The normalized spacial score (nSPS) is 11.4. The topological polar surface area (TPSA) is 4.93 Å². The summed E-state index contributed by atoms with van der Waals surface area (Å²) in [7, 11) is 0. The maximum atomic E-state index is 2.41. The van der Waals surface area contributed by atoms with E-state index in [-0.39, 0.29) is 0 Å². The molecule has 0 saturated heterocycles. The second kappa shape index (κ2) is 7.50. The Morgan fingerprint density at radius 1 is 0.567 bits per heavy atom. The van der Waals surface area contributed by atoms with Gasteiger partial charge in [-0.2, -0.15) is 0 Å². The Bertz CT molecular complexity index is 1270. The van der Waals surface area contributed by atoms with Crippen LogP contribution in [0.2, 0.25) is 0 Å². The molecule has 0 aliphatic rings. The third-order valence-corrected chi connectivity index (χ3v) is 6.22. The summed E-state index contributed by atoms with van der Waals surface area (Å²) in [6.07, 6.45) is 2.11. The van der Waals surface area contributed by atoms with E-state index in [1.165, 1.54) is 55.3 Å². The molecule has 148 valence electrons. The quantitative estimate of drug-likeness (QED) is 0.294. The lowest BCUT2D eigenvalue weighted by Crippen LogP contribution is -1.94. The maximum absolute atomic E-state index is 2.41. The van der Waals surface area contributed by atoms with E-state index in [0.29, 0.717) is 0 Å². The van der Waals surface area contributed by atoms with Crippen LogP contribution in [0.25, 0.3) is 38.6 Å². The predicted octanol–water partition coefficient (Wildman–Crippen LogP) is 7.88. The molecule has 1 heterocycles. The zero-order valence-electron chi connectivity index (χ0n) is 17.9. The lowest BCUT2D eigenvalue weighted by atomic mass is 10.0. The van der Waals surface area contributed by atoms with Crippen molar-refractivity contribution in [2.24, 2.45) is 0 Å². The van der Waals surface area contributed by atoms with Crippen molar-refractivity contribution < 1.29 is 0 Å². The third-order valence-electron chi connectivity index (χ3n) is 6.22. The minimum absolute atomic E-state index is 1.06. The lowest BCUT2D eigenvalue weighted by molar-refractivity contribution is 1.13. The van der Waals surface area contributed by atoms with Crippen LogP contribution >= 0.6 is 0 Å². The van der Waals surface area contributed by atoms with Gasteiger partial charge in [0.1, 0.15) is 0 Å². The van der Waals surface area contributed by atoms with Gasteiger partial charge in [-0.25, -0.2) is 0 Å². The Morgan fingerprint density at radius 3 is 1.50 bits per heavy atom. The van der Waals surface area contributed by atoms with E-state index < -0.39 is 0 Å². The van der Waals surface area contributed by atoms with Gasteiger partial charge in [-0.3, -0.25) is 0 Å². The molecule has 0 atom stereocenters. The molecule has 0 radical (unpaired) electrons. The van der Waals surface area contributed by atoms with Gasteiger partial charge in [0.05, 0.1) is 11.0 Å². The maximum Gasteiger partial charge on any atom is 0.0541 e. The molecule has 1 nitrogen and oxygen atoms in total. The Hall–Kier alpha value is -3.32. The monoisotopic (exact) mass is 389 g/mol. The minimum Gasteiger partial charge on any atom is -0.309 e. The van der Waals surface area contributed by atoms with Crippen LogP contribution in [0.15, 0.2) is 84.9 Å². The van der Waals surface area contributed by atoms with Crippen LogP contribution < -0.4 is 0 Å². The summed E-state index contributed by atoms with van der Waals surface area (Å²) in [6, 6.07) is 31.5. The number of aryl methyl sites for hydroxylation is 3. The molecule has 1 heteroatoms. The van der Waals surface area contributed by atoms with Gasteiger partial charge in [0.2, 0.25) is 0 Å². The zero-order valence-corrected chi connectivity index (χ0v) is 17.9. The summed E-state index contributed by atoms with van der Waals surface area (Å²) < 4.78 is 2.41. The molecule has 0 saturated carbocycles. The Labute approximate surface area is 178 Å². The van der Waals surface area contributed by atoms with Gasteiger partial charge in [0.25, 0.3) is 0 Å². The second-order valence-corrected chi connectivity index (χ2v) is 8.16. The largest absolute Gasteiger partial charge is 0.309 e. The standard InChI is InChI=1S/C29H27N/c1-4-21-8-16-28-26(18-21)27-19-22(5-2)9-17-29(27)30(28)25-14-12-24(13-15-25)23-10-6-20(3)7-11-23/h6-19H,4-5H2,1-3H3. The number of nitrogens with zero attached hydrogens (tertiary/aromatic N) is 1. The van der Waals surface area contributed by atoms with E-state index in [0.717, 1.165) is 12.8 Å². The highest BCUT2D eigenvalue weighted by molar-refractivity contribution is 6.09. The Balaban J connectivity index is 1.70. The molecule has 0 N–H and O–H groups in total. The fraction of sp³-hybridized carbons (Fsp3) is 0.172. The highest BCUT2D eigenvalue weighted by atomic mass is 15.0. The number of benzene rings is 4. The van der Waals surface area contributed by atoms with Crippen molar-refractivity contribution in [1.29, 1.82) is 0 Å². The van der Waals surface area contributed by atoms with Crippen molar-refractivity contribution in [3.63, 3.8) is 0 Å². The SMILES string of the molecule is CCc1ccc2c(c1)c1cc(CC)ccc1n2-c1ccc(-c2ccc(C)cc2)cc1. The van der Waals surface area contributed by atoms with Crippen LogP contribution in [0.1, 0.15) is 30.5 Å². The van der Waals surface area contributed by atoms with Crippen LogP contribution in [0.5, 0.6) is 0 Å². The minimum atomic E-state index is 1.06. The molecule has 4 aromatic carbocycles. The fourth-order valence-electron chi connectivity index (χ4n) is 4.38. The summed E-state index contributed by atoms with van der Waals surface area (Å²) in [5, 5.41) is 2.70. The van der Waals surface area contributed by atoms with E-state index in [4.69, 9.17) is 0 Å². The average Bonchev–Trinajstić information content (AvgIpc) is 3.12. The molecule has 5 aromatic rings. The molecular formula is C29H27N.